The highest BCUT2D eigenvalue weighted by molar-refractivity contribution is 8.00. The molecular formula is C17H15NO2S2. The van der Waals surface area contributed by atoms with Gasteiger partial charge < -0.3 is 10.1 Å². The Kier molecular flexibility index (Phi) is 4.36. The molecule has 0 saturated heterocycles. The number of carbonyl (C=O) groups excluding carboxylic acids is 1. The molecule has 1 N–H and O–H groups in total. The fourth-order valence-corrected chi connectivity index (χ4v) is 3.93. The first-order chi connectivity index (χ1) is 10.7. The number of carbonyl (C=O) groups is 1. The molecule has 112 valence electrons. The molecule has 0 unspecified atom stereocenters. The number of thiophene rings is 1. The molecule has 0 fully saturated rings. The molecule has 3 aromatic rings. The van der Waals surface area contributed by atoms with E-state index in [9.17, 15) is 4.79 Å². The van der Waals surface area contributed by atoms with Crippen molar-refractivity contribution in [2.45, 2.75) is 4.21 Å². The Balaban J connectivity index is 1.93. The van der Waals surface area contributed by atoms with Gasteiger partial charge in [0.05, 0.1) is 17.0 Å². The molecule has 5 heteroatoms. The predicted octanol–water partition coefficient (Wildman–Crippen LogP) is 5.15. The first kappa shape index (κ1) is 14.9. The predicted molar refractivity (Wildman–Crippen MR) is 94.7 cm³/mol. The number of benzene rings is 2. The van der Waals surface area contributed by atoms with E-state index < -0.39 is 0 Å². The van der Waals surface area contributed by atoms with E-state index in [1.54, 1.807) is 11.8 Å². The average molecular weight is 329 g/mol. The minimum Gasteiger partial charge on any atom is -0.465 e. The lowest BCUT2D eigenvalue weighted by atomic mass is 10.1. The maximum Gasteiger partial charge on any atom is 0.348 e. The number of hydrogen-bond donors (Lipinski definition) is 1. The summed E-state index contributed by atoms with van der Waals surface area (Å²) in [6, 6.07) is 16.3. The molecule has 0 radical (unpaired) electrons. The smallest absolute Gasteiger partial charge is 0.348 e. The lowest BCUT2D eigenvalue weighted by molar-refractivity contribution is 0.0606. The molecule has 0 saturated carbocycles. The monoisotopic (exact) mass is 329 g/mol. The zero-order valence-electron chi connectivity index (χ0n) is 12.3. The van der Waals surface area contributed by atoms with Crippen LogP contribution in [0, 0.1) is 0 Å². The van der Waals surface area contributed by atoms with Gasteiger partial charge in [0.15, 0.2) is 0 Å². The molecule has 3 rings (SSSR count). The van der Waals surface area contributed by atoms with Crippen LogP contribution in [-0.4, -0.2) is 19.3 Å². The van der Waals surface area contributed by atoms with Gasteiger partial charge in [-0.05, 0) is 35.2 Å². The van der Waals surface area contributed by atoms with Crippen LogP contribution in [0.5, 0.6) is 0 Å². The van der Waals surface area contributed by atoms with Gasteiger partial charge in [-0.25, -0.2) is 4.79 Å². The van der Waals surface area contributed by atoms with Crippen LogP contribution in [0.2, 0.25) is 0 Å². The summed E-state index contributed by atoms with van der Waals surface area (Å²) in [4.78, 5) is 12.3. The maximum absolute atomic E-state index is 11.7. The highest BCUT2D eigenvalue weighted by Crippen LogP contribution is 2.37. The maximum atomic E-state index is 11.7. The molecule has 0 spiro atoms. The van der Waals surface area contributed by atoms with E-state index in [4.69, 9.17) is 4.74 Å². The fraction of sp³-hybridized carbons (Fsp3) is 0.118. The van der Waals surface area contributed by atoms with Crippen molar-refractivity contribution in [3.8, 4) is 0 Å². The third kappa shape index (κ3) is 2.96. The number of hydrogen-bond acceptors (Lipinski definition) is 5. The summed E-state index contributed by atoms with van der Waals surface area (Å²) in [5.74, 6) is -0.299. The molecule has 3 nitrogen and oxygen atoms in total. The largest absolute Gasteiger partial charge is 0.465 e. The Bertz CT molecular complexity index is 826. The molecule has 2 aromatic carbocycles. The molecule has 0 bridgehead atoms. The first-order valence-electron chi connectivity index (χ1n) is 6.73. The highest BCUT2D eigenvalue weighted by Gasteiger charge is 2.14. The van der Waals surface area contributed by atoms with Crippen molar-refractivity contribution in [3.05, 3.63) is 53.4 Å². The van der Waals surface area contributed by atoms with Gasteiger partial charge in [-0.3, -0.25) is 0 Å². The number of anilines is 2. The Morgan fingerprint density at radius 1 is 1.14 bits per heavy atom. The quantitative estimate of drug-likeness (QED) is 0.530. The van der Waals surface area contributed by atoms with Crippen LogP contribution in [0.25, 0.3) is 10.8 Å². The molecule has 0 amide bonds. The molecule has 1 aromatic heterocycles. The van der Waals surface area contributed by atoms with E-state index in [0.717, 1.165) is 15.6 Å². The van der Waals surface area contributed by atoms with E-state index in [2.05, 4.69) is 29.6 Å². The van der Waals surface area contributed by atoms with Gasteiger partial charge in [0.25, 0.3) is 0 Å². The number of thioether (sulfide) groups is 1. The molecule has 22 heavy (non-hydrogen) atoms. The van der Waals surface area contributed by atoms with Gasteiger partial charge >= 0.3 is 5.97 Å². The lowest BCUT2D eigenvalue weighted by Gasteiger charge is -2.07. The molecule has 0 aliphatic heterocycles. The molecule has 0 atom stereocenters. The van der Waals surface area contributed by atoms with E-state index >= 15 is 0 Å². The zero-order chi connectivity index (χ0) is 15.5. The second kappa shape index (κ2) is 6.42. The summed E-state index contributed by atoms with van der Waals surface area (Å²) in [5, 5.41) is 5.79. The lowest BCUT2D eigenvalue weighted by Crippen LogP contribution is -1.97. The Hall–Kier alpha value is -1.98. The second-order valence-electron chi connectivity index (χ2n) is 4.69. The Morgan fingerprint density at radius 3 is 2.64 bits per heavy atom. The minimum absolute atomic E-state index is 0.299. The van der Waals surface area contributed by atoms with Gasteiger partial charge in [-0.15, -0.1) is 23.1 Å². The number of ether oxygens (including phenoxy) is 1. The van der Waals surface area contributed by atoms with Crippen LogP contribution in [-0.2, 0) is 4.74 Å². The third-order valence-electron chi connectivity index (χ3n) is 3.30. The summed E-state index contributed by atoms with van der Waals surface area (Å²) in [6.07, 6.45) is 2.00. The summed E-state index contributed by atoms with van der Waals surface area (Å²) < 4.78 is 5.85. The second-order valence-corrected chi connectivity index (χ2v) is 6.82. The van der Waals surface area contributed by atoms with Crippen molar-refractivity contribution in [2.24, 2.45) is 0 Å². The Morgan fingerprint density at radius 2 is 1.91 bits per heavy atom. The summed E-state index contributed by atoms with van der Waals surface area (Å²) in [5.41, 5.74) is 1.94. The van der Waals surface area contributed by atoms with E-state index in [1.165, 1.54) is 29.2 Å². The molecule has 1 heterocycles. The van der Waals surface area contributed by atoms with Crippen LogP contribution < -0.4 is 5.32 Å². The number of nitrogens with one attached hydrogen (secondary N) is 1. The molecule has 0 aliphatic carbocycles. The third-order valence-corrected chi connectivity index (χ3v) is 5.55. The van der Waals surface area contributed by atoms with Crippen molar-refractivity contribution in [1.82, 2.24) is 0 Å². The fourth-order valence-electron chi connectivity index (χ4n) is 2.24. The number of rotatable bonds is 4. The topological polar surface area (TPSA) is 38.3 Å². The summed E-state index contributed by atoms with van der Waals surface area (Å²) in [7, 11) is 1.40. The summed E-state index contributed by atoms with van der Waals surface area (Å²) >= 11 is 3.06. The zero-order valence-corrected chi connectivity index (χ0v) is 13.9. The summed E-state index contributed by atoms with van der Waals surface area (Å²) in [6.45, 7) is 0. The van der Waals surface area contributed by atoms with E-state index in [-0.39, 0.29) is 5.97 Å². The van der Waals surface area contributed by atoms with E-state index in [1.807, 2.05) is 30.5 Å². The Labute approximate surface area is 137 Å². The van der Waals surface area contributed by atoms with Crippen LogP contribution in [0.3, 0.4) is 0 Å². The van der Waals surface area contributed by atoms with Gasteiger partial charge in [-0.1, -0.05) is 30.3 Å². The highest BCUT2D eigenvalue weighted by atomic mass is 32.2. The standard InChI is InChI=1S/C17H15NO2S2/c1-20-16(19)15-10-14(17(21-2)22-15)18-13-8-7-11-5-3-4-6-12(11)9-13/h3-10,18H,1-2H3. The molecular weight excluding hydrogens is 314 g/mol. The number of methoxy groups -OCH3 is 1. The normalized spacial score (nSPS) is 10.6. The SMILES string of the molecule is COC(=O)c1cc(Nc2ccc3ccccc3c2)c(SC)s1. The van der Waals surface area contributed by atoms with Crippen LogP contribution in [0.15, 0.2) is 52.7 Å². The van der Waals surface area contributed by atoms with E-state index in [0.29, 0.717) is 4.88 Å². The van der Waals surface area contributed by atoms with Crippen molar-refractivity contribution in [3.63, 3.8) is 0 Å². The van der Waals surface area contributed by atoms with Gasteiger partial charge in [0.2, 0.25) is 0 Å². The van der Waals surface area contributed by atoms with Gasteiger partial charge in [0, 0.05) is 5.69 Å². The minimum atomic E-state index is -0.299. The number of fused-ring (bicyclic) bond motifs is 1. The van der Waals surface area contributed by atoms with Gasteiger partial charge in [-0.2, -0.15) is 0 Å². The number of esters is 1. The van der Waals surface area contributed by atoms with Gasteiger partial charge in [0.1, 0.15) is 4.88 Å². The van der Waals surface area contributed by atoms with Crippen LogP contribution >= 0.6 is 23.1 Å². The van der Waals surface area contributed by atoms with Crippen molar-refractivity contribution in [2.75, 3.05) is 18.7 Å². The van der Waals surface area contributed by atoms with Crippen molar-refractivity contribution < 1.29 is 9.53 Å². The van der Waals surface area contributed by atoms with Crippen molar-refractivity contribution in [1.29, 1.82) is 0 Å². The average Bonchev–Trinajstić information content (AvgIpc) is 2.97. The van der Waals surface area contributed by atoms with Crippen LogP contribution in [0.4, 0.5) is 11.4 Å². The molecule has 0 aliphatic rings. The first-order valence-corrected chi connectivity index (χ1v) is 8.77. The van der Waals surface area contributed by atoms with Crippen LogP contribution in [0.1, 0.15) is 9.67 Å². The van der Waals surface area contributed by atoms with Crippen molar-refractivity contribution >= 4 is 51.2 Å².